The number of nitrogens with zero attached hydrogens (tertiary/aromatic N) is 1. The Morgan fingerprint density at radius 2 is 1.31 bits per heavy atom. The number of hydrogen-bond acceptors (Lipinski definition) is 2. The molecule has 0 bridgehead atoms. The van der Waals surface area contributed by atoms with Gasteiger partial charge in [-0.05, 0) is 37.8 Å². The van der Waals surface area contributed by atoms with Gasteiger partial charge in [0.2, 0.25) is 5.69 Å². The van der Waals surface area contributed by atoms with Crippen molar-refractivity contribution in [3.05, 3.63) is 102 Å². The molecule has 4 aromatic carbocycles. The van der Waals surface area contributed by atoms with Gasteiger partial charge in [-0.3, -0.25) is 0 Å². The Morgan fingerprint density at radius 1 is 0.639 bits per heavy atom. The molecule has 0 saturated carbocycles. The van der Waals surface area contributed by atoms with Crippen molar-refractivity contribution in [2.45, 2.75) is 20.6 Å². The largest absolute Gasteiger partial charge is 0.455 e. The number of para-hydroxylation sites is 3. The minimum Gasteiger partial charge on any atom is -0.455 e. The molecule has 0 unspecified atom stereocenters. The van der Waals surface area contributed by atoms with Crippen molar-refractivity contribution >= 4 is 43.9 Å². The van der Waals surface area contributed by atoms with E-state index in [1.807, 2.05) is 73.7 Å². The maximum absolute atomic E-state index is 8.10. The van der Waals surface area contributed by atoms with Crippen LogP contribution in [0.15, 0.2) is 93.9 Å². The SMILES string of the molecule is [2H]C([2H])([2H])c1cc(-c2c(C)ccc3c2oc2c(-c4cccc5c4oc4ccccc45)cccc23)[n+](C)cc1C([2H])([2H])[2H]. The summed E-state index contributed by atoms with van der Waals surface area (Å²) in [5, 5.41) is 3.85. The van der Waals surface area contributed by atoms with Crippen molar-refractivity contribution in [1.29, 1.82) is 0 Å². The van der Waals surface area contributed by atoms with E-state index in [0.29, 0.717) is 22.4 Å². The quantitative estimate of drug-likeness (QED) is 0.235. The van der Waals surface area contributed by atoms with Crippen LogP contribution in [0.5, 0.6) is 0 Å². The Morgan fingerprint density at radius 3 is 2.08 bits per heavy atom. The third-order valence-corrected chi connectivity index (χ3v) is 7.10. The van der Waals surface area contributed by atoms with Crippen LogP contribution in [-0.4, -0.2) is 0 Å². The fourth-order valence-electron chi connectivity index (χ4n) is 5.35. The molecule has 0 fully saturated rings. The van der Waals surface area contributed by atoms with Crippen molar-refractivity contribution < 1.29 is 21.6 Å². The number of aromatic nitrogens is 1. The van der Waals surface area contributed by atoms with E-state index < -0.39 is 13.7 Å². The molecule has 3 heterocycles. The highest BCUT2D eigenvalue weighted by molar-refractivity contribution is 6.16. The molecule has 3 aromatic heterocycles. The van der Waals surface area contributed by atoms with Gasteiger partial charge in [-0.25, -0.2) is 4.57 Å². The number of pyridine rings is 1. The summed E-state index contributed by atoms with van der Waals surface area (Å²) in [6.07, 6.45) is 1.40. The first kappa shape index (κ1) is 15.6. The summed E-state index contributed by atoms with van der Waals surface area (Å²) < 4.78 is 62.9. The third-order valence-electron chi connectivity index (χ3n) is 7.10. The third kappa shape index (κ3) is 2.89. The molecule has 7 rings (SSSR count). The van der Waals surface area contributed by atoms with Crippen LogP contribution < -0.4 is 4.57 Å². The first-order valence-electron chi connectivity index (χ1n) is 14.8. The Kier molecular flexibility index (Phi) is 3.27. The van der Waals surface area contributed by atoms with Gasteiger partial charge in [-0.1, -0.05) is 66.7 Å². The van der Waals surface area contributed by atoms with Crippen molar-refractivity contribution in [1.82, 2.24) is 0 Å². The molecule has 0 aliphatic heterocycles. The predicted molar refractivity (Wildman–Crippen MR) is 147 cm³/mol. The summed E-state index contributed by atoms with van der Waals surface area (Å²) in [6.45, 7) is -3.25. The van der Waals surface area contributed by atoms with Gasteiger partial charge in [0.25, 0.3) is 0 Å². The van der Waals surface area contributed by atoms with Gasteiger partial charge in [0.1, 0.15) is 29.4 Å². The fourth-order valence-corrected chi connectivity index (χ4v) is 5.35. The molecular weight excluding hydrogens is 442 g/mol. The number of benzene rings is 4. The number of furan rings is 2. The maximum atomic E-state index is 8.10. The summed E-state index contributed by atoms with van der Waals surface area (Å²) in [5.74, 6) is 0. The molecule has 0 radical (unpaired) electrons. The van der Waals surface area contributed by atoms with Crippen molar-refractivity contribution in [2.24, 2.45) is 7.05 Å². The highest BCUT2D eigenvalue weighted by atomic mass is 16.3. The molecule has 0 N–H and O–H groups in total. The lowest BCUT2D eigenvalue weighted by atomic mass is 9.97. The summed E-state index contributed by atoms with van der Waals surface area (Å²) >= 11 is 0. The number of rotatable bonds is 2. The molecule has 7 aromatic rings. The molecule has 0 amide bonds. The Bertz CT molecular complexity index is 2200. The number of hydrogen-bond donors (Lipinski definition) is 0. The minimum absolute atomic E-state index is 0.190. The zero-order valence-corrected chi connectivity index (χ0v) is 19.8. The van der Waals surface area contributed by atoms with Gasteiger partial charge in [0.05, 0.1) is 5.56 Å². The van der Waals surface area contributed by atoms with Crippen LogP contribution in [0.4, 0.5) is 0 Å². The summed E-state index contributed by atoms with van der Waals surface area (Å²) in [4.78, 5) is 0. The van der Waals surface area contributed by atoms with E-state index in [0.717, 1.165) is 49.4 Å². The predicted octanol–water partition coefficient (Wildman–Crippen LogP) is 8.57. The zero-order valence-electron chi connectivity index (χ0n) is 25.8. The molecular formula is C33H26NO2+. The lowest BCUT2D eigenvalue weighted by molar-refractivity contribution is -0.660. The van der Waals surface area contributed by atoms with E-state index in [1.165, 1.54) is 12.3 Å². The summed E-state index contributed by atoms with van der Waals surface area (Å²) in [6, 6.07) is 25.5. The average Bonchev–Trinajstić information content (AvgIpc) is 3.50. The summed E-state index contributed by atoms with van der Waals surface area (Å²) in [5.41, 5.74) is 6.41. The highest BCUT2D eigenvalue weighted by Crippen LogP contribution is 2.43. The molecule has 0 aliphatic carbocycles. The smallest absolute Gasteiger partial charge is 0.216 e. The van der Waals surface area contributed by atoms with E-state index in [9.17, 15) is 0 Å². The topological polar surface area (TPSA) is 30.2 Å². The fraction of sp³-hybridized carbons (Fsp3) is 0.121. The van der Waals surface area contributed by atoms with Gasteiger partial charge in [0, 0.05) is 52.5 Å². The van der Waals surface area contributed by atoms with Crippen molar-refractivity contribution in [3.8, 4) is 22.4 Å². The standard InChI is InChI=1S/C33H26NO2/c1-19-15-16-27-26-13-8-12-25(24-11-7-10-23-22-9-5-6-14-29(22)35-31(23)24)32(26)36-33(27)30(19)28-17-20(2)21(3)18-34(28)4/h5-18H,1-4H3/q+1/i2D3,3D3. The Balaban J connectivity index is 1.53. The van der Waals surface area contributed by atoms with Crippen molar-refractivity contribution in [2.75, 3.05) is 0 Å². The molecule has 174 valence electrons. The van der Waals surface area contributed by atoms with Gasteiger partial charge in [-0.15, -0.1) is 0 Å². The Labute approximate surface area is 217 Å². The second-order valence-electron chi connectivity index (χ2n) is 9.30. The maximum Gasteiger partial charge on any atom is 0.216 e. The first-order valence-corrected chi connectivity index (χ1v) is 11.8. The zero-order chi connectivity index (χ0) is 29.6. The molecule has 3 heteroatoms. The van der Waals surface area contributed by atoms with E-state index in [4.69, 9.17) is 17.1 Å². The van der Waals surface area contributed by atoms with E-state index in [-0.39, 0.29) is 11.1 Å². The van der Waals surface area contributed by atoms with Gasteiger partial charge >= 0.3 is 0 Å². The second kappa shape index (κ2) is 7.56. The normalized spacial score (nSPS) is 15.1. The van der Waals surface area contributed by atoms with Gasteiger partial charge < -0.3 is 8.83 Å². The molecule has 36 heavy (non-hydrogen) atoms. The number of fused-ring (bicyclic) bond motifs is 6. The van der Waals surface area contributed by atoms with Crippen LogP contribution in [-0.2, 0) is 7.05 Å². The highest BCUT2D eigenvalue weighted by Gasteiger charge is 2.23. The van der Waals surface area contributed by atoms with Gasteiger partial charge in [-0.2, -0.15) is 0 Å². The van der Waals surface area contributed by atoms with Crippen LogP contribution in [0, 0.1) is 20.6 Å². The minimum atomic E-state index is -2.61. The van der Waals surface area contributed by atoms with E-state index in [1.54, 1.807) is 11.6 Å². The average molecular weight is 475 g/mol. The van der Waals surface area contributed by atoms with Crippen LogP contribution in [0.3, 0.4) is 0 Å². The van der Waals surface area contributed by atoms with Gasteiger partial charge in [0.15, 0.2) is 6.20 Å². The molecule has 0 spiro atoms. The van der Waals surface area contributed by atoms with Crippen LogP contribution in [0.25, 0.3) is 66.3 Å². The Hall–Kier alpha value is -4.37. The monoisotopic (exact) mass is 474 g/mol. The molecule has 0 saturated heterocycles. The summed E-state index contributed by atoms with van der Waals surface area (Å²) in [7, 11) is 1.72. The molecule has 0 atom stereocenters. The van der Waals surface area contributed by atoms with E-state index in [2.05, 4.69) is 6.07 Å². The second-order valence-corrected chi connectivity index (χ2v) is 9.30. The van der Waals surface area contributed by atoms with Crippen LogP contribution >= 0.6 is 0 Å². The molecule has 3 nitrogen and oxygen atoms in total. The van der Waals surface area contributed by atoms with Crippen LogP contribution in [0.2, 0.25) is 0 Å². The van der Waals surface area contributed by atoms with E-state index >= 15 is 0 Å². The first-order chi connectivity index (χ1) is 19.9. The lowest BCUT2D eigenvalue weighted by Crippen LogP contribution is -2.31. The number of aryl methyl sites for hydroxylation is 4. The van der Waals surface area contributed by atoms with Crippen LogP contribution in [0.1, 0.15) is 24.9 Å². The lowest BCUT2D eigenvalue weighted by Gasteiger charge is -2.07. The van der Waals surface area contributed by atoms with Crippen molar-refractivity contribution in [3.63, 3.8) is 0 Å². The molecule has 0 aliphatic rings.